The van der Waals surface area contributed by atoms with E-state index in [1.165, 1.54) is 6.92 Å². The van der Waals surface area contributed by atoms with Crippen LogP contribution in [0.5, 0.6) is 0 Å². The van der Waals surface area contributed by atoms with Gasteiger partial charge in [0.25, 0.3) is 6.43 Å². The van der Waals surface area contributed by atoms with Gasteiger partial charge in [-0.3, -0.25) is 9.69 Å². The summed E-state index contributed by atoms with van der Waals surface area (Å²) in [5.74, 6) is -0.601. The van der Waals surface area contributed by atoms with Gasteiger partial charge in [0.05, 0.1) is 22.8 Å². The summed E-state index contributed by atoms with van der Waals surface area (Å²) in [6.07, 6.45) is -7.70. The summed E-state index contributed by atoms with van der Waals surface area (Å²) in [5.41, 5.74) is -1.75. The van der Waals surface area contributed by atoms with Crippen molar-refractivity contribution in [1.82, 2.24) is 9.88 Å². The number of ether oxygens (including phenoxy) is 1. The van der Waals surface area contributed by atoms with Crippen LogP contribution in [0.15, 0.2) is 36.5 Å². The second kappa shape index (κ2) is 10.6. The number of anilines is 1. The number of esters is 1. The zero-order valence-corrected chi connectivity index (χ0v) is 18.5. The van der Waals surface area contributed by atoms with Crippen LogP contribution >= 0.6 is 11.6 Å². The molecule has 1 atom stereocenters. The van der Waals surface area contributed by atoms with Gasteiger partial charge in [-0.25, -0.2) is 13.8 Å². The van der Waals surface area contributed by atoms with E-state index in [1.807, 2.05) is 30.3 Å². The molecule has 1 unspecified atom stereocenters. The normalized spacial score (nSPS) is 17.5. The molecule has 5 nitrogen and oxygen atoms in total. The predicted octanol–water partition coefficient (Wildman–Crippen LogP) is 5.34. The highest BCUT2D eigenvalue weighted by molar-refractivity contribution is 6.34. The Hall–Kier alpha value is -2.46. The molecule has 1 aromatic carbocycles. The van der Waals surface area contributed by atoms with E-state index >= 15 is 0 Å². The van der Waals surface area contributed by atoms with Crippen LogP contribution in [0.4, 0.5) is 27.8 Å². The van der Waals surface area contributed by atoms with E-state index in [-0.39, 0.29) is 18.5 Å². The zero-order chi connectivity index (χ0) is 24.2. The Morgan fingerprint density at radius 1 is 1.24 bits per heavy atom. The Balaban J connectivity index is 1.89. The Morgan fingerprint density at radius 3 is 2.55 bits per heavy atom. The Kier molecular flexibility index (Phi) is 8.12. The molecule has 0 bridgehead atoms. The summed E-state index contributed by atoms with van der Waals surface area (Å²) >= 11 is 6.08. The maximum absolute atomic E-state index is 13.6. The van der Waals surface area contributed by atoms with E-state index in [0.29, 0.717) is 38.8 Å². The molecule has 2 heterocycles. The highest BCUT2D eigenvalue weighted by Gasteiger charge is 2.40. The number of rotatable bonds is 7. The lowest BCUT2D eigenvalue weighted by atomic mass is 10.1. The minimum absolute atomic E-state index is 0.0651. The molecule has 1 aliphatic heterocycles. The highest BCUT2D eigenvalue weighted by Crippen LogP contribution is 2.43. The van der Waals surface area contributed by atoms with Crippen molar-refractivity contribution in [3.8, 4) is 0 Å². The van der Waals surface area contributed by atoms with Crippen LogP contribution in [0.1, 0.15) is 36.5 Å². The van der Waals surface area contributed by atoms with Crippen molar-refractivity contribution in [3.63, 3.8) is 0 Å². The number of alkyl halides is 5. The molecule has 1 fully saturated rings. The molecule has 180 valence electrons. The van der Waals surface area contributed by atoms with E-state index in [9.17, 15) is 26.7 Å². The van der Waals surface area contributed by atoms with Crippen molar-refractivity contribution in [2.75, 3.05) is 31.1 Å². The van der Waals surface area contributed by atoms with Crippen LogP contribution in [0.25, 0.3) is 0 Å². The standard InChI is InChI=1S/C22H23ClF5N3O2/c1-14(32)33-10-7-16-13-30(12-15-5-3-2-4-6-15)8-9-31(16)21-19(23)18(20(24)25)17(11-29-21)22(26,27)28/h2-6,11,16,20H,7-10,12-13H2,1H3. The number of carbonyl (C=O) groups excluding carboxylic acids is 1. The van der Waals surface area contributed by atoms with E-state index in [2.05, 4.69) is 9.88 Å². The van der Waals surface area contributed by atoms with Crippen molar-refractivity contribution in [2.45, 2.75) is 38.5 Å². The maximum Gasteiger partial charge on any atom is 0.418 e. The fourth-order valence-corrected chi connectivity index (χ4v) is 4.24. The Morgan fingerprint density at radius 2 is 1.94 bits per heavy atom. The van der Waals surface area contributed by atoms with Gasteiger partial charge in [0, 0.05) is 51.8 Å². The van der Waals surface area contributed by atoms with Crippen molar-refractivity contribution in [2.24, 2.45) is 0 Å². The fraction of sp³-hybridized carbons (Fsp3) is 0.455. The molecule has 11 heteroatoms. The second-order valence-electron chi connectivity index (χ2n) is 7.72. The number of carbonyl (C=O) groups is 1. The number of pyridine rings is 1. The number of benzene rings is 1. The molecule has 0 radical (unpaired) electrons. The van der Waals surface area contributed by atoms with Crippen molar-refractivity contribution in [3.05, 3.63) is 58.2 Å². The number of nitrogens with zero attached hydrogens (tertiary/aromatic N) is 3. The van der Waals surface area contributed by atoms with E-state index in [0.717, 1.165) is 5.56 Å². The number of hydrogen-bond donors (Lipinski definition) is 0. The van der Waals surface area contributed by atoms with Gasteiger partial charge in [-0.1, -0.05) is 41.9 Å². The molecule has 1 saturated heterocycles. The molecule has 33 heavy (non-hydrogen) atoms. The van der Waals surface area contributed by atoms with Gasteiger partial charge in [-0.15, -0.1) is 0 Å². The molecular formula is C22H23ClF5N3O2. The van der Waals surface area contributed by atoms with Gasteiger partial charge in [-0.2, -0.15) is 13.2 Å². The van der Waals surface area contributed by atoms with Gasteiger partial charge in [0.1, 0.15) is 5.82 Å². The molecule has 3 rings (SSSR count). The lowest BCUT2D eigenvalue weighted by Gasteiger charge is -2.42. The molecule has 0 spiro atoms. The average molecular weight is 492 g/mol. The largest absolute Gasteiger partial charge is 0.466 e. The van der Waals surface area contributed by atoms with E-state index in [1.54, 1.807) is 4.90 Å². The van der Waals surface area contributed by atoms with Gasteiger partial charge in [-0.05, 0) is 5.56 Å². The summed E-state index contributed by atoms with van der Waals surface area (Å²) in [7, 11) is 0. The first kappa shape index (κ1) is 25.2. The fourth-order valence-electron chi connectivity index (χ4n) is 3.90. The number of piperazine rings is 1. The third-order valence-corrected chi connectivity index (χ3v) is 5.78. The molecule has 0 N–H and O–H groups in total. The summed E-state index contributed by atoms with van der Waals surface area (Å²) in [6.45, 7) is 3.24. The van der Waals surface area contributed by atoms with Gasteiger partial charge >= 0.3 is 12.1 Å². The van der Waals surface area contributed by atoms with Gasteiger partial charge < -0.3 is 9.64 Å². The highest BCUT2D eigenvalue weighted by atomic mass is 35.5. The lowest BCUT2D eigenvalue weighted by Crippen LogP contribution is -2.53. The van der Waals surface area contributed by atoms with Crippen molar-refractivity contribution < 1.29 is 31.5 Å². The summed E-state index contributed by atoms with van der Waals surface area (Å²) < 4.78 is 71.9. The van der Waals surface area contributed by atoms with Crippen molar-refractivity contribution in [1.29, 1.82) is 0 Å². The first-order valence-electron chi connectivity index (χ1n) is 10.3. The van der Waals surface area contributed by atoms with Crippen LogP contribution in [0.2, 0.25) is 5.02 Å². The quantitative estimate of drug-likeness (QED) is 0.387. The molecule has 0 aliphatic carbocycles. The second-order valence-corrected chi connectivity index (χ2v) is 8.10. The maximum atomic E-state index is 13.6. The Bertz CT molecular complexity index is 959. The molecule has 1 aromatic heterocycles. The predicted molar refractivity (Wildman–Crippen MR) is 113 cm³/mol. The minimum atomic E-state index is -5.01. The SMILES string of the molecule is CC(=O)OCCC1CN(Cc2ccccc2)CCN1c1ncc(C(F)(F)F)c(C(F)F)c1Cl. The van der Waals surface area contributed by atoms with Gasteiger partial charge in [0.15, 0.2) is 0 Å². The Labute approximate surface area is 193 Å². The van der Waals surface area contributed by atoms with Crippen LogP contribution < -0.4 is 4.90 Å². The summed E-state index contributed by atoms with van der Waals surface area (Å²) in [5, 5.41) is -0.714. The van der Waals surface area contributed by atoms with Crippen LogP contribution in [0, 0.1) is 0 Å². The third kappa shape index (κ3) is 6.32. The van der Waals surface area contributed by atoms with Crippen LogP contribution in [-0.2, 0) is 22.3 Å². The monoisotopic (exact) mass is 491 g/mol. The average Bonchev–Trinajstić information content (AvgIpc) is 2.73. The molecular weight excluding hydrogens is 469 g/mol. The number of aromatic nitrogens is 1. The topological polar surface area (TPSA) is 45.7 Å². The summed E-state index contributed by atoms with van der Waals surface area (Å²) in [4.78, 5) is 18.8. The first-order valence-corrected chi connectivity index (χ1v) is 10.7. The summed E-state index contributed by atoms with van der Waals surface area (Å²) in [6, 6.07) is 9.33. The molecule has 0 saturated carbocycles. The smallest absolute Gasteiger partial charge is 0.418 e. The molecule has 0 amide bonds. The van der Waals surface area contributed by atoms with Crippen LogP contribution in [0.3, 0.4) is 0 Å². The van der Waals surface area contributed by atoms with Crippen LogP contribution in [-0.4, -0.2) is 48.1 Å². The molecule has 1 aliphatic rings. The number of halogens is 6. The lowest BCUT2D eigenvalue weighted by molar-refractivity contribution is -0.141. The van der Waals surface area contributed by atoms with E-state index in [4.69, 9.17) is 16.3 Å². The van der Waals surface area contributed by atoms with Gasteiger partial charge in [0.2, 0.25) is 0 Å². The van der Waals surface area contributed by atoms with Crippen molar-refractivity contribution >= 4 is 23.4 Å². The minimum Gasteiger partial charge on any atom is -0.466 e. The zero-order valence-electron chi connectivity index (χ0n) is 17.8. The van der Waals surface area contributed by atoms with E-state index < -0.39 is 34.7 Å². The third-order valence-electron chi connectivity index (χ3n) is 5.41. The number of hydrogen-bond acceptors (Lipinski definition) is 5. The molecule has 2 aromatic rings. The first-order chi connectivity index (χ1) is 15.6.